The van der Waals surface area contributed by atoms with Gasteiger partial charge < -0.3 is 4.59 Å². The van der Waals surface area contributed by atoms with E-state index in [9.17, 15) is 0 Å². The van der Waals surface area contributed by atoms with Crippen LogP contribution >= 0.6 is 0 Å². The first-order valence-electron chi connectivity index (χ1n) is 7.83. The largest absolute Gasteiger partial charge is 0.473 e. The standard InChI is InChI=1S/C18H17BN4/c1-3-9-17(10-4-1)19(22-15-7-13-20-22,23-16-8-14-21-23)18-11-5-2-6-12-18/h1-7,9-16H,8H2. The third-order valence-corrected chi connectivity index (χ3v) is 4.43. The molecule has 3 aromatic rings. The first-order chi connectivity index (χ1) is 11.4. The van der Waals surface area contributed by atoms with Crippen molar-refractivity contribution in [3.63, 3.8) is 0 Å². The van der Waals surface area contributed by atoms with Gasteiger partial charge in [-0.1, -0.05) is 65.8 Å². The summed E-state index contributed by atoms with van der Waals surface area (Å²) in [6.07, 6.45) is 7.24. The van der Waals surface area contributed by atoms with E-state index in [0.29, 0.717) is 0 Å². The third kappa shape index (κ3) is 2.13. The molecule has 0 amide bonds. The summed E-state index contributed by atoms with van der Waals surface area (Å²) in [5.41, 5.74) is 2.36. The van der Waals surface area contributed by atoms with E-state index < -0.39 is 6.42 Å². The summed E-state index contributed by atoms with van der Waals surface area (Å²) in [4.78, 5) is 0. The van der Waals surface area contributed by atoms with Gasteiger partial charge in [0.25, 0.3) is 0 Å². The van der Waals surface area contributed by atoms with Crippen molar-refractivity contribution in [2.75, 3.05) is 0 Å². The number of rotatable bonds is 4. The van der Waals surface area contributed by atoms with E-state index in [2.05, 4.69) is 69.5 Å². The van der Waals surface area contributed by atoms with Crippen LogP contribution in [0.4, 0.5) is 0 Å². The number of nitrogens with zero attached hydrogens (tertiary/aromatic N) is 4. The molecule has 4 rings (SSSR count). The van der Waals surface area contributed by atoms with Gasteiger partial charge in [-0.2, -0.15) is 0 Å². The molecular weight excluding hydrogens is 283 g/mol. The zero-order chi connectivity index (χ0) is 15.5. The first kappa shape index (κ1) is 13.7. The molecule has 0 spiro atoms. The minimum atomic E-state index is -1.49. The lowest BCUT2D eigenvalue weighted by Crippen LogP contribution is -2.70. The summed E-state index contributed by atoms with van der Waals surface area (Å²) in [6, 6.07) is 22.9. The molecule has 0 fully saturated rings. The van der Waals surface area contributed by atoms with Gasteiger partial charge in [0.1, 0.15) is 6.21 Å². The molecule has 23 heavy (non-hydrogen) atoms. The molecule has 1 aliphatic heterocycles. The van der Waals surface area contributed by atoms with Crippen LogP contribution in [0, 0.1) is 0 Å². The highest BCUT2D eigenvalue weighted by molar-refractivity contribution is 6.95. The lowest BCUT2D eigenvalue weighted by atomic mass is 9.37. The van der Waals surface area contributed by atoms with Crippen LogP contribution in [0.25, 0.3) is 0 Å². The maximum absolute atomic E-state index is 4.64. The van der Waals surface area contributed by atoms with E-state index in [1.54, 1.807) is 0 Å². The van der Waals surface area contributed by atoms with Crippen LogP contribution in [0.5, 0.6) is 0 Å². The van der Waals surface area contributed by atoms with Gasteiger partial charge in [-0.05, 0) is 12.3 Å². The molecule has 1 aliphatic rings. The fraction of sp³-hybridized carbons (Fsp3) is 0.0556. The van der Waals surface area contributed by atoms with Gasteiger partial charge in [0, 0.05) is 6.20 Å². The molecule has 0 atom stereocenters. The Morgan fingerprint density at radius 1 is 0.870 bits per heavy atom. The molecule has 0 bridgehead atoms. The van der Waals surface area contributed by atoms with Crippen LogP contribution in [0.1, 0.15) is 6.42 Å². The highest BCUT2D eigenvalue weighted by Crippen LogP contribution is 2.12. The lowest BCUT2D eigenvalue weighted by molar-refractivity contribution is -0.394. The van der Waals surface area contributed by atoms with Crippen molar-refractivity contribution in [3.8, 4) is 0 Å². The molecular formula is C18H17BN4. The van der Waals surface area contributed by atoms with Crippen LogP contribution in [0.15, 0.2) is 84.2 Å². The Morgan fingerprint density at radius 3 is 2.00 bits per heavy atom. The van der Waals surface area contributed by atoms with Crippen molar-refractivity contribution in [2.24, 2.45) is 5.10 Å². The van der Waals surface area contributed by atoms with E-state index in [4.69, 9.17) is 0 Å². The predicted octanol–water partition coefficient (Wildman–Crippen LogP) is 1.46. The van der Waals surface area contributed by atoms with E-state index in [0.717, 1.165) is 6.42 Å². The highest BCUT2D eigenvalue weighted by Gasteiger charge is 2.47. The summed E-state index contributed by atoms with van der Waals surface area (Å²) < 4.78 is 4.10. The van der Waals surface area contributed by atoms with Crippen molar-refractivity contribution < 1.29 is 4.60 Å². The number of hydrogen-bond donors (Lipinski definition) is 0. The Hall–Kier alpha value is -2.95. The topological polar surface area (TPSA) is 33.2 Å². The van der Waals surface area contributed by atoms with E-state index in [1.165, 1.54) is 10.9 Å². The molecule has 5 heteroatoms. The summed E-state index contributed by atoms with van der Waals surface area (Å²) in [7, 11) is 0. The third-order valence-electron chi connectivity index (χ3n) is 4.43. The second-order valence-corrected chi connectivity index (χ2v) is 5.68. The van der Waals surface area contributed by atoms with Gasteiger partial charge in [-0.15, -0.1) is 10.9 Å². The maximum Gasteiger partial charge on any atom is 0.473 e. The van der Waals surface area contributed by atoms with Gasteiger partial charge in [-0.3, -0.25) is 4.60 Å². The van der Waals surface area contributed by atoms with Crippen molar-refractivity contribution in [1.29, 1.82) is 0 Å². The van der Waals surface area contributed by atoms with Gasteiger partial charge in [0.2, 0.25) is 0 Å². The second kappa shape index (κ2) is 5.68. The molecule has 0 aliphatic carbocycles. The predicted molar refractivity (Wildman–Crippen MR) is 95.0 cm³/mol. The van der Waals surface area contributed by atoms with E-state index in [1.807, 2.05) is 41.4 Å². The molecule has 112 valence electrons. The van der Waals surface area contributed by atoms with Gasteiger partial charge in [0.15, 0.2) is 0 Å². The molecule has 0 saturated carbocycles. The van der Waals surface area contributed by atoms with Crippen LogP contribution in [-0.4, -0.2) is 33.1 Å². The summed E-state index contributed by atoms with van der Waals surface area (Å²) >= 11 is 0. The van der Waals surface area contributed by atoms with Crippen molar-refractivity contribution in [1.82, 2.24) is 9.69 Å². The molecule has 0 unspecified atom stereocenters. The first-order valence-corrected chi connectivity index (χ1v) is 7.83. The average Bonchev–Trinajstić information content (AvgIpc) is 3.32. The zero-order valence-electron chi connectivity index (χ0n) is 12.7. The Morgan fingerprint density at radius 2 is 1.52 bits per heavy atom. The summed E-state index contributed by atoms with van der Waals surface area (Å²) in [5.74, 6) is 0. The molecule has 4 nitrogen and oxygen atoms in total. The number of benzene rings is 2. The molecule has 0 saturated heterocycles. The Bertz CT molecular complexity index is 800. The van der Waals surface area contributed by atoms with E-state index >= 15 is 0 Å². The second-order valence-electron chi connectivity index (χ2n) is 5.68. The van der Waals surface area contributed by atoms with Crippen molar-refractivity contribution in [3.05, 3.63) is 79.1 Å². The highest BCUT2D eigenvalue weighted by atomic mass is 15.4. The minimum absolute atomic E-state index is 0.838. The van der Waals surface area contributed by atoms with E-state index in [-0.39, 0.29) is 0 Å². The number of hydrogen-bond acceptors (Lipinski definition) is 2. The Balaban J connectivity index is 2.08. The zero-order valence-corrected chi connectivity index (χ0v) is 12.7. The fourth-order valence-corrected chi connectivity index (χ4v) is 3.46. The maximum atomic E-state index is 4.64. The normalized spacial score (nSPS) is 14.0. The Kier molecular flexibility index (Phi) is 3.39. The van der Waals surface area contributed by atoms with Gasteiger partial charge in [-0.25, -0.2) is 5.10 Å². The minimum Gasteiger partial charge on any atom is -0.369 e. The molecule has 2 heterocycles. The smallest absolute Gasteiger partial charge is 0.369 e. The molecule has 0 N–H and O–H groups in total. The number of hydrazone groups is 1. The molecule has 1 aromatic heterocycles. The van der Waals surface area contributed by atoms with Gasteiger partial charge >= 0.3 is 6.42 Å². The van der Waals surface area contributed by atoms with Crippen LogP contribution in [-0.2, 0) is 0 Å². The van der Waals surface area contributed by atoms with Crippen LogP contribution in [0.2, 0.25) is 0 Å². The van der Waals surface area contributed by atoms with Crippen LogP contribution < -0.4 is 10.9 Å². The average molecular weight is 300 g/mol. The van der Waals surface area contributed by atoms with Gasteiger partial charge in [0.05, 0.1) is 12.6 Å². The van der Waals surface area contributed by atoms with Crippen molar-refractivity contribution in [2.45, 2.75) is 6.42 Å². The summed E-state index contributed by atoms with van der Waals surface area (Å²) in [6.45, 7) is 0. The lowest BCUT2D eigenvalue weighted by Gasteiger charge is -2.34. The molecule has 0 radical (unpaired) electrons. The quantitative estimate of drug-likeness (QED) is 0.672. The van der Waals surface area contributed by atoms with Crippen LogP contribution in [0.3, 0.4) is 0 Å². The summed E-state index contributed by atoms with van der Waals surface area (Å²) in [5, 5.41) is 9.23. The molecule has 2 aromatic carbocycles. The SMILES string of the molecule is C1=N[N+]([B-](c2ccccc2)(c2ccccc2)n2cccn2)=CC1. The fourth-order valence-electron chi connectivity index (χ4n) is 3.46. The number of aromatic nitrogens is 2. The monoisotopic (exact) mass is 300 g/mol. The Labute approximate surface area is 135 Å². The van der Waals surface area contributed by atoms with Crippen molar-refractivity contribution >= 4 is 29.8 Å².